The molecule has 15 heavy (non-hydrogen) atoms. The van der Waals surface area contributed by atoms with Crippen LogP contribution in [0.3, 0.4) is 0 Å². The van der Waals surface area contributed by atoms with Gasteiger partial charge < -0.3 is 5.11 Å². The molecule has 0 heterocycles. The largest absolute Gasteiger partial charge is 0.393 e. The van der Waals surface area contributed by atoms with Crippen LogP contribution in [0.2, 0.25) is 0 Å². The molecular formula is C14H20O. The first-order chi connectivity index (χ1) is 7.27. The molecule has 1 aliphatic carbocycles. The Hall–Kier alpha value is -0.820. The Bertz CT molecular complexity index is 328. The van der Waals surface area contributed by atoms with Gasteiger partial charge in [0.25, 0.3) is 0 Å². The summed E-state index contributed by atoms with van der Waals surface area (Å²) >= 11 is 0. The molecule has 1 aliphatic rings. The van der Waals surface area contributed by atoms with Crippen molar-refractivity contribution in [3.05, 3.63) is 34.9 Å². The Balaban J connectivity index is 2.16. The Labute approximate surface area is 92.1 Å². The highest BCUT2D eigenvalue weighted by Gasteiger charge is 2.12. The van der Waals surface area contributed by atoms with Crippen molar-refractivity contribution in [2.24, 2.45) is 0 Å². The third-order valence-corrected chi connectivity index (χ3v) is 3.32. The van der Waals surface area contributed by atoms with E-state index in [9.17, 15) is 5.11 Å². The van der Waals surface area contributed by atoms with Gasteiger partial charge in [-0.2, -0.15) is 0 Å². The van der Waals surface area contributed by atoms with Gasteiger partial charge in [-0.3, -0.25) is 0 Å². The van der Waals surface area contributed by atoms with E-state index in [0.29, 0.717) is 0 Å². The van der Waals surface area contributed by atoms with Crippen LogP contribution in [-0.2, 0) is 19.3 Å². The maximum atomic E-state index is 9.32. The second-order valence-corrected chi connectivity index (χ2v) is 4.65. The van der Waals surface area contributed by atoms with Crippen LogP contribution in [0.15, 0.2) is 18.2 Å². The zero-order chi connectivity index (χ0) is 10.7. The minimum absolute atomic E-state index is 0.176. The van der Waals surface area contributed by atoms with E-state index in [-0.39, 0.29) is 6.10 Å². The summed E-state index contributed by atoms with van der Waals surface area (Å²) in [6.07, 6.45) is 6.90. The van der Waals surface area contributed by atoms with Gasteiger partial charge in [0.15, 0.2) is 0 Å². The average Bonchev–Trinajstić information content (AvgIpc) is 2.26. The number of aliphatic hydroxyl groups is 1. The number of hydrogen-bond acceptors (Lipinski definition) is 1. The van der Waals surface area contributed by atoms with Crippen molar-refractivity contribution in [3.63, 3.8) is 0 Å². The Kier molecular flexibility index (Phi) is 3.42. The molecule has 1 aromatic rings. The Morgan fingerprint density at radius 1 is 1.27 bits per heavy atom. The van der Waals surface area contributed by atoms with Crippen LogP contribution in [0, 0.1) is 0 Å². The summed E-state index contributed by atoms with van der Waals surface area (Å²) in [7, 11) is 0. The summed E-state index contributed by atoms with van der Waals surface area (Å²) in [5.41, 5.74) is 4.59. The van der Waals surface area contributed by atoms with Crippen molar-refractivity contribution >= 4 is 0 Å². The van der Waals surface area contributed by atoms with Crippen LogP contribution in [-0.4, -0.2) is 11.2 Å². The number of aliphatic hydroxyl groups excluding tert-OH is 1. The standard InChI is InChI=1S/C14H20O/c1-11(15)9-10-13-7-4-6-12-5-2-3-8-14(12)13/h4,6-7,11,15H,2-3,5,8-10H2,1H3/t11-/m0/s1. The second-order valence-electron chi connectivity index (χ2n) is 4.65. The van der Waals surface area contributed by atoms with Gasteiger partial charge in [0.05, 0.1) is 6.10 Å². The normalized spacial score (nSPS) is 17.2. The van der Waals surface area contributed by atoms with Gasteiger partial charge in [0.1, 0.15) is 0 Å². The molecule has 1 N–H and O–H groups in total. The summed E-state index contributed by atoms with van der Waals surface area (Å²) in [5, 5.41) is 9.32. The van der Waals surface area contributed by atoms with E-state index in [1.807, 2.05) is 6.92 Å². The highest BCUT2D eigenvalue weighted by Crippen LogP contribution is 2.25. The van der Waals surface area contributed by atoms with E-state index < -0.39 is 0 Å². The van der Waals surface area contributed by atoms with Crippen molar-refractivity contribution in [3.8, 4) is 0 Å². The molecule has 0 radical (unpaired) electrons. The maximum absolute atomic E-state index is 9.32. The molecule has 0 unspecified atom stereocenters. The number of rotatable bonds is 3. The molecule has 2 rings (SSSR count). The first-order valence-corrected chi connectivity index (χ1v) is 6.05. The van der Waals surface area contributed by atoms with E-state index in [1.165, 1.54) is 31.2 Å². The van der Waals surface area contributed by atoms with E-state index in [1.54, 1.807) is 11.1 Å². The van der Waals surface area contributed by atoms with Gasteiger partial charge in [-0.15, -0.1) is 0 Å². The molecular weight excluding hydrogens is 184 g/mol. The molecule has 0 aromatic heterocycles. The maximum Gasteiger partial charge on any atom is 0.0515 e. The second kappa shape index (κ2) is 4.80. The lowest BCUT2D eigenvalue weighted by Gasteiger charge is -2.19. The molecule has 0 bridgehead atoms. The fourth-order valence-corrected chi connectivity index (χ4v) is 2.46. The topological polar surface area (TPSA) is 20.2 Å². The summed E-state index contributed by atoms with van der Waals surface area (Å²) in [5.74, 6) is 0. The molecule has 82 valence electrons. The van der Waals surface area contributed by atoms with Crippen LogP contribution in [0.1, 0.15) is 42.9 Å². The van der Waals surface area contributed by atoms with E-state index >= 15 is 0 Å². The van der Waals surface area contributed by atoms with Crippen molar-refractivity contribution < 1.29 is 5.11 Å². The molecule has 1 heteroatoms. The minimum atomic E-state index is -0.176. The van der Waals surface area contributed by atoms with Gasteiger partial charge in [0, 0.05) is 0 Å². The molecule has 0 fully saturated rings. The fraction of sp³-hybridized carbons (Fsp3) is 0.571. The minimum Gasteiger partial charge on any atom is -0.393 e. The van der Waals surface area contributed by atoms with Crippen LogP contribution in [0.4, 0.5) is 0 Å². The summed E-state index contributed by atoms with van der Waals surface area (Å²) in [6, 6.07) is 6.66. The van der Waals surface area contributed by atoms with Crippen molar-refractivity contribution in [1.82, 2.24) is 0 Å². The lowest BCUT2D eigenvalue weighted by atomic mass is 9.87. The highest BCUT2D eigenvalue weighted by molar-refractivity contribution is 5.37. The first kappa shape index (κ1) is 10.7. The number of fused-ring (bicyclic) bond motifs is 1. The molecule has 0 amide bonds. The fourth-order valence-electron chi connectivity index (χ4n) is 2.46. The van der Waals surface area contributed by atoms with E-state index in [4.69, 9.17) is 0 Å². The van der Waals surface area contributed by atoms with Gasteiger partial charge in [-0.05, 0) is 62.1 Å². The lowest BCUT2D eigenvalue weighted by molar-refractivity contribution is 0.185. The van der Waals surface area contributed by atoms with Crippen molar-refractivity contribution in [2.45, 2.75) is 51.6 Å². The molecule has 1 atom stereocenters. The predicted molar refractivity (Wildman–Crippen MR) is 63.1 cm³/mol. The highest BCUT2D eigenvalue weighted by atomic mass is 16.3. The third kappa shape index (κ3) is 2.60. The number of aryl methyl sites for hydroxylation is 2. The molecule has 0 aliphatic heterocycles. The summed E-state index contributed by atoms with van der Waals surface area (Å²) < 4.78 is 0. The SMILES string of the molecule is C[C@H](O)CCc1cccc2c1CCCC2. The van der Waals surface area contributed by atoms with Crippen molar-refractivity contribution in [2.75, 3.05) is 0 Å². The Morgan fingerprint density at radius 2 is 2.07 bits per heavy atom. The summed E-state index contributed by atoms with van der Waals surface area (Å²) in [6.45, 7) is 1.87. The quantitative estimate of drug-likeness (QED) is 0.802. The van der Waals surface area contributed by atoms with E-state index in [2.05, 4.69) is 18.2 Å². The number of benzene rings is 1. The predicted octanol–water partition coefficient (Wildman–Crippen LogP) is 2.88. The first-order valence-electron chi connectivity index (χ1n) is 6.05. The zero-order valence-electron chi connectivity index (χ0n) is 9.50. The monoisotopic (exact) mass is 204 g/mol. The molecule has 0 saturated carbocycles. The van der Waals surface area contributed by atoms with Crippen LogP contribution < -0.4 is 0 Å². The molecule has 0 spiro atoms. The number of hydrogen-bond donors (Lipinski definition) is 1. The van der Waals surface area contributed by atoms with Crippen LogP contribution in [0.5, 0.6) is 0 Å². The Morgan fingerprint density at radius 3 is 2.87 bits per heavy atom. The van der Waals surface area contributed by atoms with E-state index in [0.717, 1.165) is 12.8 Å². The average molecular weight is 204 g/mol. The van der Waals surface area contributed by atoms with Gasteiger partial charge in [0.2, 0.25) is 0 Å². The zero-order valence-corrected chi connectivity index (χ0v) is 9.50. The lowest BCUT2D eigenvalue weighted by Crippen LogP contribution is -2.08. The third-order valence-electron chi connectivity index (χ3n) is 3.32. The van der Waals surface area contributed by atoms with Gasteiger partial charge in [-0.1, -0.05) is 18.2 Å². The van der Waals surface area contributed by atoms with Gasteiger partial charge >= 0.3 is 0 Å². The molecule has 1 aromatic carbocycles. The molecule has 1 nitrogen and oxygen atoms in total. The smallest absolute Gasteiger partial charge is 0.0515 e. The van der Waals surface area contributed by atoms with Crippen LogP contribution in [0.25, 0.3) is 0 Å². The summed E-state index contributed by atoms with van der Waals surface area (Å²) in [4.78, 5) is 0. The van der Waals surface area contributed by atoms with Crippen molar-refractivity contribution in [1.29, 1.82) is 0 Å². The molecule has 0 saturated heterocycles. The van der Waals surface area contributed by atoms with Crippen LogP contribution >= 0.6 is 0 Å². The van der Waals surface area contributed by atoms with Gasteiger partial charge in [-0.25, -0.2) is 0 Å².